The second-order valence-electron chi connectivity index (χ2n) is 4.38. The average Bonchev–Trinajstić information content (AvgIpc) is 2.38. The van der Waals surface area contributed by atoms with Gasteiger partial charge in [0.05, 0.1) is 5.69 Å². The molecule has 0 atom stereocenters. The van der Waals surface area contributed by atoms with Crippen molar-refractivity contribution in [3.05, 3.63) is 46.1 Å². The number of hydrazine groups is 1. The van der Waals surface area contributed by atoms with Crippen molar-refractivity contribution in [3.8, 4) is 5.69 Å². The predicted molar refractivity (Wildman–Crippen MR) is 74.5 cm³/mol. The van der Waals surface area contributed by atoms with Crippen LogP contribution in [0.3, 0.4) is 0 Å². The van der Waals surface area contributed by atoms with Gasteiger partial charge in [-0.2, -0.15) is 4.98 Å². The number of carbonyl (C=O) groups excluding carboxylic acids is 1. The van der Waals surface area contributed by atoms with Crippen LogP contribution in [0, 0.1) is 13.8 Å². The summed E-state index contributed by atoms with van der Waals surface area (Å²) >= 11 is 0. The fourth-order valence-corrected chi connectivity index (χ4v) is 1.88. The first-order valence-corrected chi connectivity index (χ1v) is 6.04. The molecule has 0 fully saturated rings. The Balaban J connectivity index is 2.40. The summed E-state index contributed by atoms with van der Waals surface area (Å²) in [5, 5.41) is 0. The van der Waals surface area contributed by atoms with Crippen LogP contribution in [-0.2, 0) is 4.79 Å². The molecule has 0 aliphatic heterocycles. The van der Waals surface area contributed by atoms with Gasteiger partial charge in [-0.15, -0.1) is 0 Å². The molecule has 0 aliphatic carbocycles. The van der Waals surface area contributed by atoms with Crippen molar-refractivity contribution in [1.29, 1.82) is 0 Å². The summed E-state index contributed by atoms with van der Waals surface area (Å²) in [4.78, 5) is 30.6. The monoisotopic (exact) mass is 273 g/mol. The van der Waals surface area contributed by atoms with Gasteiger partial charge >= 0.3 is 5.69 Å². The van der Waals surface area contributed by atoms with E-state index in [0.717, 1.165) is 16.8 Å². The molecule has 0 saturated carbocycles. The van der Waals surface area contributed by atoms with Gasteiger partial charge in [0.25, 0.3) is 0 Å². The van der Waals surface area contributed by atoms with E-state index in [1.807, 2.05) is 32.0 Å². The molecule has 1 aromatic heterocycles. The van der Waals surface area contributed by atoms with E-state index in [9.17, 15) is 9.59 Å². The number of carbonyl (C=O) groups is 1. The summed E-state index contributed by atoms with van der Waals surface area (Å²) in [5.74, 6) is -0.250. The van der Waals surface area contributed by atoms with Crippen LogP contribution in [0.15, 0.2) is 29.3 Å². The maximum absolute atomic E-state index is 12.0. The summed E-state index contributed by atoms with van der Waals surface area (Å²) in [5.41, 5.74) is 6.98. The summed E-state index contributed by atoms with van der Waals surface area (Å²) in [7, 11) is 0. The fraction of sp³-hybridized carbons (Fsp3) is 0.231. The minimum Gasteiger partial charge on any atom is -0.274 e. The number of benzene rings is 1. The Hall–Kier alpha value is -2.70. The maximum atomic E-state index is 12.0. The van der Waals surface area contributed by atoms with Crippen LogP contribution in [0.1, 0.15) is 18.1 Å². The van der Waals surface area contributed by atoms with Crippen LogP contribution in [0.25, 0.3) is 5.69 Å². The van der Waals surface area contributed by atoms with Crippen molar-refractivity contribution in [2.75, 3.05) is 5.43 Å². The van der Waals surface area contributed by atoms with E-state index < -0.39 is 5.69 Å². The van der Waals surface area contributed by atoms with Crippen LogP contribution in [-0.4, -0.2) is 20.4 Å². The number of amides is 1. The summed E-state index contributed by atoms with van der Waals surface area (Å²) in [6.07, 6.45) is 1.38. The number of aryl methyl sites for hydroxylation is 2. The fourth-order valence-electron chi connectivity index (χ4n) is 1.88. The zero-order chi connectivity index (χ0) is 14.7. The number of aromatic nitrogens is 3. The van der Waals surface area contributed by atoms with Crippen LogP contribution in [0.2, 0.25) is 0 Å². The summed E-state index contributed by atoms with van der Waals surface area (Å²) in [6, 6.07) is 5.75. The van der Waals surface area contributed by atoms with Gasteiger partial charge in [0.1, 0.15) is 6.33 Å². The molecular formula is C13H15N5O2. The highest BCUT2D eigenvalue weighted by molar-refractivity contribution is 5.73. The Kier molecular flexibility index (Phi) is 3.79. The lowest BCUT2D eigenvalue weighted by atomic mass is 10.1. The molecular weight excluding hydrogens is 258 g/mol. The van der Waals surface area contributed by atoms with Crippen molar-refractivity contribution in [3.63, 3.8) is 0 Å². The SMILES string of the molecule is CC(=O)NNc1ncn(-c2c(C)cccc2C)c(=O)n1. The van der Waals surface area contributed by atoms with Crippen molar-refractivity contribution in [1.82, 2.24) is 20.0 Å². The second-order valence-corrected chi connectivity index (χ2v) is 4.38. The molecule has 0 spiro atoms. The molecule has 0 unspecified atom stereocenters. The first kappa shape index (κ1) is 13.7. The molecule has 7 heteroatoms. The Labute approximate surface area is 115 Å². The van der Waals surface area contributed by atoms with E-state index in [2.05, 4.69) is 20.8 Å². The third-order valence-electron chi connectivity index (χ3n) is 2.73. The lowest BCUT2D eigenvalue weighted by Crippen LogP contribution is -2.31. The molecule has 0 saturated heterocycles. The Morgan fingerprint density at radius 2 is 1.90 bits per heavy atom. The quantitative estimate of drug-likeness (QED) is 0.804. The van der Waals surface area contributed by atoms with Gasteiger partial charge < -0.3 is 0 Å². The molecule has 2 aromatic rings. The van der Waals surface area contributed by atoms with Gasteiger partial charge in [-0.05, 0) is 25.0 Å². The number of anilines is 1. The number of nitrogens with one attached hydrogen (secondary N) is 2. The zero-order valence-corrected chi connectivity index (χ0v) is 11.5. The average molecular weight is 273 g/mol. The highest BCUT2D eigenvalue weighted by Gasteiger charge is 2.08. The third-order valence-corrected chi connectivity index (χ3v) is 2.73. The number of hydrogen-bond acceptors (Lipinski definition) is 5. The van der Waals surface area contributed by atoms with Gasteiger partial charge in [-0.1, -0.05) is 18.2 Å². The molecule has 104 valence electrons. The van der Waals surface area contributed by atoms with Crippen LogP contribution in [0.4, 0.5) is 5.95 Å². The van der Waals surface area contributed by atoms with Crippen LogP contribution >= 0.6 is 0 Å². The smallest absolute Gasteiger partial charge is 0.274 e. The second kappa shape index (κ2) is 5.52. The van der Waals surface area contributed by atoms with E-state index in [4.69, 9.17) is 0 Å². The minimum atomic E-state index is -0.467. The summed E-state index contributed by atoms with van der Waals surface area (Å²) in [6.45, 7) is 5.17. The predicted octanol–water partition coefficient (Wildman–Crippen LogP) is 0.707. The first-order valence-electron chi connectivity index (χ1n) is 6.04. The van der Waals surface area contributed by atoms with Gasteiger partial charge in [0.15, 0.2) is 0 Å². The number of nitrogens with zero attached hydrogens (tertiary/aromatic N) is 3. The Morgan fingerprint density at radius 3 is 2.45 bits per heavy atom. The molecule has 0 bridgehead atoms. The van der Waals surface area contributed by atoms with Crippen molar-refractivity contribution >= 4 is 11.9 Å². The van der Waals surface area contributed by atoms with Crippen LogP contribution in [0.5, 0.6) is 0 Å². The molecule has 0 aliphatic rings. The zero-order valence-electron chi connectivity index (χ0n) is 11.5. The molecule has 1 heterocycles. The summed E-state index contributed by atoms with van der Waals surface area (Å²) < 4.78 is 1.38. The van der Waals surface area contributed by atoms with E-state index >= 15 is 0 Å². The topological polar surface area (TPSA) is 88.9 Å². The van der Waals surface area contributed by atoms with Gasteiger partial charge in [0, 0.05) is 6.92 Å². The molecule has 1 amide bonds. The van der Waals surface area contributed by atoms with Gasteiger partial charge in [0.2, 0.25) is 11.9 Å². The third kappa shape index (κ3) is 2.82. The van der Waals surface area contributed by atoms with E-state index in [-0.39, 0.29) is 11.9 Å². The number of para-hydroxylation sites is 1. The van der Waals surface area contributed by atoms with E-state index in [1.165, 1.54) is 17.8 Å². The van der Waals surface area contributed by atoms with E-state index in [1.54, 1.807) is 0 Å². The lowest BCUT2D eigenvalue weighted by Gasteiger charge is -2.12. The molecule has 1 aromatic carbocycles. The normalized spacial score (nSPS) is 10.2. The standard InChI is InChI=1S/C13H15N5O2/c1-8-5-4-6-9(2)11(8)18-7-14-12(15-13(18)20)17-16-10(3)19/h4-7H,1-3H3,(H,16,19)(H,15,17,20). The molecule has 20 heavy (non-hydrogen) atoms. The first-order chi connectivity index (χ1) is 9.49. The molecule has 2 rings (SSSR count). The van der Waals surface area contributed by atoms with Crippen LogP contribution < -0.4 is 16.5 Å². The Morgan fingerprint density at radius 1 is 1.25 bits per heavy atom. The molecule has 7 nitrogen and oxygen atoms in total. The van der Waals surface area contributed by atoms with E-state index in [0.29, 0.717) is 0 Å². The highest BCUT2D eigenvalue weighted by Crippen LogP contribution is 2.16. The molecule has 0 radical (unpaired) electrons. The highest BCUT2D eigenvalue weighted by atomic mass is 16.2. The Bertz CT molecular complexity index is 688. The lowest BCUT2D eigenvalue weighted by molar-refractivity contribution is -0.118. The minimum absolute atomic E-state index is 0.0488. The van der Waals surface area contributed by atoms with Crippen molar-refractivity contribution in [2.45, 2.75) is 20.8 Å². The maximum Gasteiger partial charge on any atom is 0.356 e. The van der Waals surface area contributed by atoms with Gasteiger partial charge in [-0.3, -0.25) is 20.2 Å². The van der Waals surface area contributed by atoms with Crippen molar-refractivity contribution in [2.24, 2.45) is 0 Å². The number of hydrogen-bond donors (Lipinski definition) is 2. The van der Waals surface area contributed by atoms with Gasteiger partial charge in [-0.25, -0.2) is 9.78 Å². The van der Waals surface area contributed by atoms with Crippen molar-refractivity contribution < 1.29 is 4.79 Å². The molecule has 2 N–H and O–H groups in total. The largest absolute Gasteiger partial charge is 0.356 e. The number of rotatable bonds is 3.